The van der Waals surface area contributed by atoms with Gasteiger partial charge >= 0.3 is 0 Å². The SMILES string of the molecule is O=S1(=O)CCC(NCc2cc(Br)c(O)c(Br)c2)C1. The van der Waals surface area contributed by atoms with E-state index < -0.39 is 9.84 Å². The lowest BCUT2D eigenvalue weighted by Gasteiger charge is -2.12. The van der Waals surface area contributed by atoms with Crippen molar-refractivity contribution in [3.63, 3.8) is 0 Å². The minimum Gasteiger partial charge on any atom is -0.506 e. The van der Waals surface area contributed by atoms with E-state index in [0.29, 0.717) is 21.9 Å². The summed E-state index contributed by atoms with van der Waals surface area (Å²) in [6, 6.07) is 3.66. The molecular weight excluding hydrogens is 386 g/mol. The first-order valence-corrected chi connectivity index (χ1v) is 8.89. The Kier molecular flexibility index (Phi) is 4.36. The van der Waals surface area contributed by atoms with E-state index in [1.165, 1.54) is 0 Å². The maximum atomic E-state index is 11.3. The van der Waals surface area contributed by atoms with Gasteiger partial charge in [-0.15, -0.1) is 0 Å². The summed E-state index contributed by atoms with van der Waals surface area (Å²) >= 11 is 6.53. The first kappa shape index (κ1) is 14.3. The number of rotatable bonds is 3. The maximum Gasteiger partial charge on any atom is 0.151 e. The van der Waals surface area contributed by atoms with Gasteiger partial charge in [-0.25, -0.2) is 8.42 Å². The molecule has 0 amide bonds. The number of phenolic OH excluding ortho intramolecular Hbond substituents is 1. The number of sulfone groups is 1. The summed E-state index contributed by atoms with van der Waals surface area (Å²) in [5.41, 5.74) is 0.982. The first-order valence-electron chi connectivity index (χ1n) is 5.48. The van der Waals surface area contributed by atoms with Crippen LogP contribution >= 0.6 is 31.9 Å². The summed E-state index contributed by atoms with van der Waals surface area (Å²) in [7, 11) is -2.84. The number of halogens is 2. The second kappa shape index (κ2) is 5.48. The minimum absolute atomic E-state index is 0.0290. The molecule has 100 valence electrons. The van der Waals surface area contributed by atoms with E-state index in [9.17, 15) is 13.5 Å². The Morgan fingerprint density at radius 1 is 1.33 bits per heavy atom. The van der Waals surface area contributed by atoms with Gasteiger partial charge in [0.1, 0.15) is 5.75 Å². The van der Waals surface area contributed by atoms with E-state index in [4.69, 9.17) is 0 Å². The molecule has 2 rings (SSSR count). The van der Waals surface area contributed by atoms with Crippen molar-refractivity contribution in [2.75, 3.05) is 11.5 Å². The van der Waals surface area contributed by atoms with Crippen molar-refractivity contribution in [2.45, 2.75) is 19.0 Å². The van der Waals surface area contributed by atoms with Crippen LogP contribution in [0.25, 0.3) is 0 Å². The number of nitrogens with one attached hydrogen (secondary N) is 1. The second-order valence-electron chi connectivity index (χ2n) is 4.39. The zero-order valence-corrected chi connectivity index (χ0v) is 13.5. The van der Waals surface area contributed by atoms with Crippen molar-refractivity contribution in [3.8, 4) is 5.75 Å². The highest BCUT2D eigenvalue weighted by Crippen LogP contribution is 2.33. The lowest BCUT2D eigenvalue weighted by molar-refractivity contribution is 0.467. The summed E-state index contributed by atoms with van der Waals surface area (Å²) in [6.45, 7) is 0.581. The van der Waals surface area contributed by atoms with Crippen LogP contribution in [0.5, 0.6) is 5.75 Å². The largest absolute Gasteiger partial charge is 0.506 e. The molecule has 1 aliphatic rings. The van der Waals surface area contributed by atoms with E-state index in [1.54, 1.807) is 0 Å². The van der Waals surface area contributed by atoms with Gasteiger partial charge in [0.05, 0.1) is 20.5 Å². The molecule has 1 atom stereocenters. The normalized spacial score (nSPS) is 22.2. The van der Waals surface area contributed by atoms with Gasteiger partial charge in [-0.2, -0.15) is 0 Å². The molecule has 1 aromatic carbocycles. The van der Waals surface area contributed by atoms with Crippen LogP contribution in [0, 0.1) is 0 Å². The molecule has 18 heavy (non-hydrogen) atoms. The van der Waals surface area contributed by atoms with E-state index in [-0.39, 0.29) is 23.3 Å². The van der Waals surface area contributed by atoms with Crippen LogP contribution in [-0.2, 0) is 16.4 Å². The molecule has 0 bridgehead atoms. The quantitative estimate of drug-likeness (QED) is 0.818. The number of hydrogen-bond donors (Lipinski definition) is 2. The predicted octanol–water partition coefficient (Wildman–Crippen LogP) is 2.19. The highest BCUT2D eigenvalue weighted by Gasteiger charge is 2.27. The smallest absolute Gasteiger partial charge is 0.151 e. The molecule has 1 saturated heterocycles. The van der Waals surface area contributed by atoms with Gasteiger partial charge in [-0.05, 0) is 56.0 Å². The summed E-state index contributed by atoms with van der Waals surface area (Å²) in [5, 5.41) is 12.8. The van der Waals surface area contributed by atoms with Gasteiger partial charge in [0, 0.05) is 12.6 Å². The van der Waals surface area contributed by atoms with Crippen molar-refractivity contribution in [1.82, 2.24) is 5.32 Å². The minimum atomic E-state index is -2.84. The molecule has 2 N–H and O–H groups in total. The molecule has 0 spiro atoms. The number of hydrogen-bond acceptors (Lipinski definition) is 4. The predicted molar refractivity (Wildman–Crippen MR) is 77.4 cm³/mol. The lowest BCUT2D eigenvalue weighted by atomic mass is 10.2. The second-order valence-corrected chi connectivity index (χ2v) is 8.33. The number of phenols is 1. The molecule has 0 aliphatic carbocycles. The third-order valence-corrected chi connectivity index (χ3v) is 5.88. The molecule has 1 heterocycles. The van der Waals surface area contributed by atoms with Crippen molar-refractivity contribution in [2.24, 2.45) is 0 Å². The Morgan fingerprint density at radius 3 is 2.44 bits per heavy atom. The maximum absolute atomic E-state index is 11.3. The topological polar surface area (TPSA) is 66.4 Å². The zero-order chi connectivity index (χ0) is 13.3. The van der Waals surface area contributed by atoms with Crippen molar-refractivity contribution in [3.05, 3.63) is 26.6 Å². The molecule has 7 heteroatoms. The van der Waals surface area contributed by atoms with Crippen molar-refractivity contribution in [1.29, 1.82) is 0 Å². The summed E-state index contributed by atoms with van der Waals surface area (Å²) in [5.74, 6) is 0.656. The van der Waals surface area contributed by atoms with E-state index in [2.05, 4.69) is 37.2 Å². The van der Waals surface area contributed by atoms with Gasteiger partial charge in [-0.3, -0.25) is 0 Å². The highest BCUT2D eigenvalue weighted by molar-refractivity contribution is 9.11. The van der Waals surface area contributed by atoms with Crippen molar-refractivity contribution < 1.29 is 13.5 Å². The molecule has 1 fully saturated rings. The molecule has 0 aromatic heterocycles. The number of benzene rings is 1. The van der Waals surface area contributed by atoms with Crippen LogP contribution in [0.3, 0.4) is 0 Å². The Bertz CT molecular complexity index is 536. The molecular formula is C11H13Br2NO3S. The van der Waals surface area contributed by atoms with Gasteiger partial charge in [0.2, 0.25) is 0 Å². The molecule has 4 nitrogen and oxygen atoms in total. The molecule has 0 saturated carbocycles. The summed E-state index contributed by atoms with van der Waals surface area (Å²) < 4.78 is 23.9. The van der Waals surface area contributed by atoms with E-state index in [0.717, 1.165) is 5.56 Å². The molecule has 1 unspecified atom stereocenters. The summed E-state index contributed by atoms with van der Waals surface area (Å²) in [6.07, 6.45) is 0.669. The van der Waals surface area contributed by atoms with Crippen molar-refractivity contribution >= 4 is 41.7 Å². The standard InChI is InChI=1S/C11H13Br2NO3S/c12-9-3-7(4-10(13)11(9)15)5-14-8-1-2-18(16,17)6-8/h3-4,8,14-15H,1-2,5-6H2. The Morgan fingerprint density at radius 2 is 1.94 bits per heavy atom. The fourth-order valence-corrected chi connectivity index (χ4v) is 4.93. The molecule has 1 aliphatic heterocycles. The van der Waals surface area contributed by atoms with Crippen LogP contribution in [-0.4, -0.2) is 31.1 Å². The average Bonchev–Trinajstić information content (AvgIpc) is 2.63. The van der Waals surface area contributed by atoms with Crippen LogP contribution in [0.15, 0.2) is 21.1 Å². The number of aromatic hydroxyl groups is 1. The van der Waals surface area contributed by atoms with Crippen LogP contribution in [0.4, 0.5) is 0 Å². The van der Waals surface area contributed by atoms with Gasteiger partial charge in [0.25, 0.3) is 0 Å². The van der Waals surface area contributed by atoms with Gasteiger partial charge < -0.3 is 10.4 Å². The highest BCUT2D eigenvalue weighted by atomic mass is 79.9. The summed E-state index contributed by atoms with van der Waals surface area (Å²) in [4.78, 5) is 0. The Hall–Kier alpha value is -0.110. The van der Waals surface area contributed by atoms with E-state index in [1.807, 2.05) is 12.1 Å². The van der Waals surface area contributed by atoms with Gasteiger partial charge in [-0.1, -0.05) is 0 Å². The molecule has 1 aromatic rings. The first-order chi connectivity index (χ1) is 8.37. The third-order valence-electron chi connectivity index (χ3n) is 2.90. The lowest BCUT2D eigenvalue weighted by Crippen LogP contribution is -2.29. The average molecular weight is 399 g/mol. The fraction of sp³-hybridized carbons (Fsp3) is 0.455. The van der Waals surface area contributed by atoms with E-state index >= 15 is 0 Å². The van der Waals surface area contributed by atoms with Crippen LogP contribution in [0.2, 0.25) is 0 Å². The Labute approximate surface area is 123 Å². The molecule has 0 radical (unpaired) electrons. The monoisotopic (exact) mass is 397 g/mol. The van der Waals surface area contributed by atoms with Crippen LogP contribution in [0.1, 0.15) is 12.0 Å². The fourth-order valence-electron chi connectivity index (χ4n) is 1.94. The van der Waals surface area contributed by atoms with Gasteiger partial charge in [0.15, 0.2) is 9.84 Å². The Balaban J connectivity index is 1.99. The third kappa shape index (κ3) is 3.46. The zero-order valence-electron chi connectivity index (χ0n) is 9.49. The van der Waals surface area contributed by atoms with Crippen LogP contribution < -0.4 is 5.32 Å².